The van der Waals surface area contributed by atoms with Crippen molar-refractivity contribution >= 4 is 11.6 Å². The highest BCUT2D eigenvalue weighted by atomic mass is 16.1. The minimum atomic E-state index is -0.406. The Labute approximate surface area is 112 Å². The highest BCUT2D eigenvalue weighted by Gasteiger charge is 2.08. The van der Waals surface area contributed by atoms with Crippen LogP contribution in [-0.4, -0.2) is 16.1 Å². The fourth-order valence-corrected chi connectivity index (χ4v) is 2.03. The number of hydrogen-bond donors (Lipinski definition) is 3. The maximum absolute atomic E-state index is 11.1. The first-order valence-electron chi connectivity index (χ1n) is 6.14. The van der Waals surface area contributed by atoms with Gasteiger partial charge in [0, 0.05) is 29.1 Å². The molecule has 0 radical (unpaired) electrons. The summed E-state index contributed by atoms with van der Waals surface area (Å²) in [6.07, 6.45) is 0. The van der Waals surface area contributed by atoms with Crippen LogP contribution in [0.5, 0.6) is 0 Å². The molecule has 100 valence electrons. The minimum Gasteiger partial charge on any atom is -0.381 e. The third kappa shape index (κ3) is 2.76. The van der Waals surface area contributed by atoms with E-state index in [4.69, 9.17) is 5.73 Å². The Morgan fingerprint density at radius 1 is 1.37 bits per heavy atom. The van der Waals surface area contributed by atoms with Crippen LogP contribution in [0.15, 0.2) is 18.2 Å². The largest absolute Gasteiger partial charge is 0.381 e. The Hall–Kier alpha value is -2.30. The molecule has 1 aromatic heterocycles. The van der Waals surface area contributed by atoms with Crippen LogP contribution >= 0.6 is 0 Å². The van der Waals surface area contributed by atoms with Gasteiger partial charge in [0.05, 0.1) is 5.69 Å². The number of nitrogens with two attached hydrogens (primary N) is 1. The summed E-state index contributed by atoms with van der Waals surface area (Å²) in [6, 6.07) is 5.40. The number of rotatable bonds is 4. The summed E-state index contributed by atoms with van der Waals surface area (Å²) in [5, 5.41) is 10.5. The van der Waals surface area contributed by atoms with E-state index in [1.165, 1.54) is 5.56 Å². The van der Waals surface area contributed by atoms with Gasteiger partial charge in [0.15, 0.2) is 0 Å². The Balaban J connectivity index is 2.14. The van der Waals surface area contributed by atoms with Crippen LogP contribution in [0.3, 0.4) is 0 Å². The lowest BCUT2D eigenvalue weighted by molar-refractivity contribution is 0.1000. The molecule has 0 bridgehead atoms. The second-order valence-corrected chi connectivity index (χ2v) is 4.66. The van der Waals surface area contributed by atoms with Gasteiger partial charge in [-0.25, -0.2) is 0 Å². The van der Waals surface area contributed by atoms with E-state index in [-0.39, 0.29) is 0 Å². The molecule has 1 heterocycles. The zero-order chi connectivity index (χ0) is 14.0. The molecule has 2 rings (SSSR count). The summed E-state index contributed by atoms with van der Waals surface area (Å²) in [5.41, 5.74) is 11.0. The highest BCUT2D eigenvalue weighted by molar-refractivity contribution is 5.93. The molecule has 0 aliphatic rings. The van der Waals surface area contributed by atoms with Gasteiger partial charge in [0.1, 0.15) is 0 Å². The van der Waals surface area contributed by atoms with Gasteiger partial charge >= 0.3 is 0 Å². The summed E-state index contributed by atoms with van der Waals surface area (Å²) in [4.78, 5) is 11.1. The molecule has 19 heavy (non-hydrogen) atoms. The first-order chi connectivity index (χ1) is 8.99. The van der Waals surface area contributed by atoms with Crippen LogP contribution < -0.4 is 11.1 Å². The van der Waals surface area contributed by atoms with Crippen molar-refractivity contribution in [3.63, 3.8) is 0 Å². The predicted molar refractivity (Wildman–Crippen MR) is 75.1 cm³/mol. The quantitative estimate of drug-likeness (QED) is 0.784. The maximum Gasteiger partial charge on any atom is 0.248 e. The molecule has 4 N–H and O–H groups in total. The maximum atomic E-state index is 11.1. The lowest BCUT2D eigenvalue weighted by Gasteiger charge is -2.10. The Kier molecular flexibility index (Phi) is 3.55. The predicted octanol–water partition coefficient (Wildman–Crippen LogP) is 2.05. The number of carbonyl (C=O) groups excluding carboxylic acids is 1. The fourth-order valence-electron chi connectivity index (χ4n) is 2.03. The van der Waals surface area contributed by atoms with Gasteiger partial charge in [-0.1, -0.05) is 0 Å². The van der Waals surface area contributed by atoms with Gasteiger partial charge < -0.3 is 11.1 Å². The van der Waals surface area contributed by atoms with Crippen LogP contribution in [0.2, 0.25) is 0 Å². The average Bonchev–Trinajstić information content (AvgIpc) is 2.68. The molecule has 0 fully saturated rings. The molecule has 0 unspecified atom stereocenters. The molecule has 5 nitrogen and oxygen atoms in total. The minimum absolute atomic E-state index is 0.406. The van der Waals surface area contributed by atoms with Crippen molar-refractivity contribution in [1.29, 1.82) is 0 Å². The average molecular weight is 258 g/mol. The smallest absolute Gasteiger partial charge is 0.248 e. The number of hydrogen-bond acceptors (Lipinski definition) is 3. The number of carbonyl (C=O) groups is 1. The molecule has 1 aromatic carbocycles. The van der Waals surface area contributed by atoms with E-state index in [9.17, 15) is 4.79 Å². The molecule has 1 amide bonds. The van der Waals surface area contributed by atoms with Crippen molar-refractivity contribution in [1.82, 2.24) is 10.2 Å². The second kappa shape index (κ2) is 5.14. The third-order valence-corrected chi connectivity index (χ3v) is 3.25. The van der Waals surface area contributed by atoms with Gasteiger partial charge in [-0.3, -0.25) is 9.89 Å². The fraction of sp³-hybridized carbons (Fsp3) is 0.286. The third-order valence-electron chi connectivity index (χ3n) is 3.25. The van der Waals surface area contributed by atoms with Crippen molar-refractivity contribution in [3.05, 3.63) is 46.3 Å². The Morgan fingerprint density at radius 2 is 2.11 bits per heavy atom. The van der Waals surface area contributed by atoms with E-state index in [0.717, 1.165) is 22.6 Å². The molecule has 0 saturated carbocycles. The van der Waals surface area contributed by atoms with Crippen LogP contribution in [-0.2, 0) is 6.54 Å². The van der Waals surface area contributed by atoms with E-state index in [1.807, 2.05) is 26.8 Å². The summed E-state index contributed by atoms with van der Waals surface area (Å²) >= 11 is 0. The number of aryl methyl sites for hydroxylation is 3. The summed E-state index contributed by atoms with van der Waals surface area (Å²) in [6.45, 7) is 6.62. The molecule has 0 aliphatic carbocycles. The van der Waals surface area contributed by atoms with Crippen LogP contribution in [0, 0.1) is 20.8 Å². The molecular formula is C14H18N4O. The van der Waals surface area contributed by atoms with E-state index in [0.29, 0.717) is 12.1 Å². The van der Waals surface area contributed by atoms with Crippen LogP contribution in [0.4, 0.5) is 5.69 Å². The Bertz CT molecular complexity index is 596. The van der Waals surface area contributed by atoms with E-state index >= 15 is 0 Å². The van der Waals surface area contributed by atoms with Gasteiger partial charge in [0.25, 0.3) is 0 Å². The number of primary amides is 1. The molecular weight excluding hydrogens is 240 g/mol. The van der Waals surface area contributed by atoms with Gasteiger partial charge in [0.2, 0.25) is 5.91 Å². The van der Waals surface area contributed by atoms with Crippen molar-refractivity contribution < 1.29 is 4.79 Å². The summed E-state index contributed by atoms with van der Waals surface area (Å²) < 4.78 is 0. The van der Waals surface area contributed by atoms with Gasteiger partial charge in [-0.2, -0.15) is 5.10 Å². The second-order valence-electron chi connectivity index (χ2n) is 4.66. The van der Waals surface area contributed by atoms with Crippen molar-refractivity contribution in [2.75, 3.05) is 5.32 Å². The number of nitrogens with zero attached hydrogens (tertiary/aromatic N) is 1. The number of aromatic nitrogens is 2. The number of nitrogens with one attached hydrogen (secondary N) is 2. The normalized spacial score (nSPS) is 10.5. The molecule has 5 heteroatoms. The summed E-state index contributed by atoms with van der Waals surface area (Å²) in [7, 11) is 0. The number of aromatic amines is 1. The van der Waals surface area contributed by atoms with Gasteiger partial charge in [-0.05, 0) is 44.5 Å². The van der Waals surface area contributed by atoms with Crippen molar-refractivity contribution in [3.8, 4) is 0 Å². The zero-order valence-corrected chi connectivity index (χ0v) is 11.4. The SMILES string of the molecule is Cc1cc(C(N)=O)ccc1NCc1c(C)n[nH]c1C. The van der Waals surface area contributed by atoms with Crippen molar-refractivity contribution in [2.24, 2.45) is 5.73 Å². The van der Waals surface area contributed by atoms with Crippen LogP contribution in [0.25, 0.3) is 0 Å². The number of benzene rings is 1. The molecule has 0 aliphatic heterocycles. The van der Waals surface area contributed by atoms with E-state index < -0.39 is 5.91 Å². The lowest BCUT2D eigenvalue weighted by Crippen LogP contribution is -2.11. The molecule has 2 aromatic rings. The lowest BCUT2D eigenvalue weighted by atomic mass is 10.1. The Morgan fingerprint density at radius 3 is 2.63 bits per heavy atom. The monoisotopic (exact) mass is 258 g/mol. The standard InChI is InChI=1S/C14H18N4O/c1-8-6-11(14(15)19)4-5-13(8)16-7-12-9(2)17-18-10(12)3/h4-6,16H,7H2,1-3H3,(H2,15,19)(H,17,18). The molecule has 0 saturated heterocycles. The van der Waals surface area contributed by atoms with E-state index in [1.54, 1.807) is 12.1 Å². The highest BCUT2D eigenvalue weighted by Crippen LogP contribution is 2.18. The first-order valence-corrected chi connectivity index (χ1v) is 6.14. The molecule has 0 spiro atoms. The topological polar surface area (TPSA) is 83.8 Å². The number of amides is 1. The van der Waals surface area contributed by atoms with Crippen LogP contribution in [0.1, 0.15) is 32.9 Å². The van der Waals surface area contributed by atoms with E-state index in [2.05, 4.69) is 15.5 Å². The van der Waals surface area contributed by atoms with Crippen molar-refractivity contribution in [2.45, 2.75) is 27.3 Å². The zero-order valence-electron chi connectivity index (χ0n) is 11.4. The number of anilines is 1. The molecule has 0 atom stereocenters. The number of H-pyrrole nitrogens is 1. The summed E-state index contributed by atoms with van der Waals surface area (Å²) in [5.74, 6) is -0.406. The van der Waals surface area contributed by atoms with Gasteiger partial charge in [-0.15, -0.1) is 0 Å². The first kappa shape index (κ1) is 13.1.